The molecule has 2 heterocycles. The standard InChI is InChI=1S/C13H17NO4.C8H9NO4.C5H10O/c1-16-11-7-10(13(15)17-2)14-8-12(11)18-6-5-9-3-4-9;1-12-7-3-5(8(11)13-2)9-4-6(7)10;6-4-3-5-1-2-5/h7-9H,3-6H2,1-2H3;3-4,10H,1-2H3;5-6H,1-4H2. The van der Waals surface area contributed by atoms with Gasteiger partial charge in [0.2, 0.25) is 0 Å². The molecule has 0 aliphatic heterocycles. The fourth-order valence-electron chi connectivity index (χ4n) is 3.05. The number of carbonyl (C=O) groups excluding carboxylic acids is 2. The third-order valence-electron chi connectivity index (χ3n) is 5.62. The number of esters is 2. The lowest BCUT2D eigenvalue weighted by Gasteiger charge is -2.10. The topological polar surface area (TPSA) is 147 Å². The summed E-state index contributed by atoms with van der Waals surface area (Å²) in [6.07, 6.45) is 10.1. The number of aromatic hydroxyl groups is 1. The Morgan fingerprint density at radius 2 is 1.32 bits per heavy atom. The van der Waals surface area contributed by atoms with Crippen molar-refractivity contribution in [3.63, 3.8) is 0 Å². The second-order valence-corrected chi connectivity index (χ2v) is 8.48. The molecule has 11 nitrogen and oxygen atoms in total. The molecule has 2 aromatic rings. The smallest absolute Gasteiger partial charge is 0.356 e. The maximum absolute atomic E-state index is 11.3. The van der Waals surface area contributed by atoms with Gasteiger partial charge in [-0.05, 0) is 24.7 Å². The molecule has 2 aliphatic carbocycles. The molecule has 0 spiro atoms. The highest BCUT2D eigenvalue weighted by atomic mass is 16.5. The zero-order chi connectivity index (χ0) is 27.2. The van der Waals surface area contributed by atoms with E-state index in [4.69, 9.17) is 24.4 Å². The summed E-state index contributed by atoms with van der Waals surface area (Å²) in [5, 5.41) is 17.4. The van der Waals surface area contributed by atoms with Crippen molar-refractivity contribution in [3.05, 3.63) is 35.9 Å². The molecule has 0 aromatic carbocycles. The first-order valence-electron chi connectivity index (χ1n) is 12.0. The van der Waals surface area contributed by atoms with E-state index in [-0.39, 0.29) is 22.9 Å². The largest absolute Gasteiger partial charge is 0.503 e. The number of nitrogens with zero attached hydrogens (tertiary/aromatic N) is 2. The van der Waals surface area contributed by atoms with Crippen molar-refractivity contribution in [1.82, 2.24) is 9.97 Å². The average Bonchev–Trinajstić information content (AvgIpc) is 3.86. The Bertz CT molecular complexity index is 1010. The van der Waals surface area contributed by atoms with Crippen LogP contribution < -0.4 is 14.2 Å². The molecule has 204 valence electrons. The van der Waals surface area contributed by atoms with Crippen LogP contribution in [0.1, 0.15) is 59.5 Å². The maximum atomic E-state index is 11.3. The van der Waals surface area contributed by atoms with Gasteiger partial charge in [-0.15, -0.1) is 0 Å². The fraction of sp³-hybridized carbons (Fsp3) is 0.538. The Labute approximate surface area is 216 Å². The molecule has 37 heavy (non-hydrogen) atoms. The Morgan fingerprint density at radius 1 is 0.811 bits per heavy atom. The van der Waals surface area contributed by atoms with E-state index in [0.29, 0.717) is 24.7 Å². The molecule has 0 bridgehead atoms. The van der Waals surface area contributed by atoms with E-state index in [9.17, 15) is 9.59 Å². The number of hydrogen-bond acceptors (Lipinski definition) is 11. The van der Waals surface area contributed by atoms with E-state index in [1.807, 2.05) is 0 Å². The predicted molar refractivity (Wildman–Crippen MR) is 133 cm³/mol. The van der Waals surface area contributed by atoms with Crippen LogP contribution >= 0.6 is 0 Å². The van der Waals surface area contributed by atoms with Gasteiger partial charge in [0, 0.05) is 18.7 Å². The van der Waals surface area contributed by atoms with E-state index in [1.54, 1.807) is 0 Å². The van der Waals surface area contributed by atoms with Crippen LogP contribution in [0, 0.1) is 11.8 Å². The van der Waals surface area contributed by atoms with Crippen LogP contribution in [0.15, 0.2) is 24.5 Å². The van der Waals surface area contributed by atoms with Crippen molar-refractivity contribution in [2.75, 3.05) is 41.7 Å². The summed E-state index contributed by atoms with van der Waals surface area (Å²) < 4.78 is 24.6. The van der Waals surface area contributed by atoms with Gasteiger partial charge in [0.15, 0.2) is 34.4 Å². The first-order chi connectivity index (χ1) is 17.9. The monoisotopic (exact) mass is 520 g/mol. The van der Waals surface area contributed by atoms with Crippen molar-refractivity contribution in [1.29, 1.82) is 0 Å². The first-order valence-corrected chi connectivity index (χ1v) is 12.0. The number of aliphatic hydroxyl groups is 1. The molecule has 2 aromatic heterocycles. The summed E-state index contributed by atoms with van der Waals surface area (Å²) in [6.45, 7) is 1.05. The first kappa shape index (κ1) is 29.6. The number of pyridine rings is 2. The number of aromatic nitrogens is 2. The molecule has 0 amide bonds. The number of ether oxygens (including phenoxy) is 5. The van der Waals surface area contributed by atoms with Gasteiger partial charge in [-0.1, -0.05) is 25.7 Å². The molecule has 4 rings (SSSR count). The molecular formula is C26H36N2O9. The number of rotatable bonds is 10. The summed E-state index contributed by atoms with van der Waals surface area (Å²) >= 11 is 0. The lowest BCUT2D eigenvalue weighted by molar-refractivity contribution is 0.0584. The second kappa shape index (κ2) is 15.5. The van der Waals surface area contributed by atoms with Gasteiger partial charge >= 0.3 is 11.9 Å². The normalized spacial score (nSPS) is 13.6. The van der Waals surface area contributed by atoms with Gasteiger partial charge in [-0.25, -0.2) is 19.6 Å². The molecule has 2 N–H and O–H groups in total. The minimum atomic E-state index is -0.571. The summed E-state index contributed by atoms with van der Waals surface area (Å²) in [5.41, 5.74) is 0.307. The highest BCUT2D eigenvalue weighted by Crippen LogP contribution is 2.33. The van der Waals surface area contributed by atoms with Crippen LogP contribution in [0.4, 0.5) is 0 Å². The number of aliphatic hydroxyl groups excluding tert-OH is 1. The lowest BCUT2D eigenvalue weighted by Crippen LogP contribution is -2.06. The van der Waals surface area contributed by atoms with Crippen molar-refractivity contribution in [2.24, 2.45) is 11.8 Å². The van der Waals surface area contributed by atoms with Crippen LogP contribution in [0.2, 0.25) is 0 Å². The van der Waals surface area contributed by atoms with Crippen molar-refractivity contribution >= 4 is 11.9 Å². The van der Waals surface area contributed by atoms with E-state index in [2.05, 4.69) is 19.4 Å². The Kier molecular flexibility index (Phi) is 12.4. The minimum absolute atomic E-state index is 0.0946. The predicted octanol–water partition coefficient (Wildman–Crippen LogP) is 3.42. The van der Waals surface area contributed by atoms with E-state index < -0.39 is 11.9 Å². The van der Waals surface area contributed by atoms with Gasteiger partial charge in [0.1, 0.15) is 0 Å². The van der Waals surface area contributed by atoms with E-state index in [0.717, 1.165) is 30.9 Å². The van der Waals surface area contributed by atoms with Crippen LogP contribution in [-0.2, 0) is 9.47 Å². The highest BCUT2D eigenvalue weighted by molar-refractivity contribution is 5.88. The summed E-state index contributed by atoms with van der Waals surface area (Å²) in [7, 11) is 5.49. The lowest BCUT2D eigenvalue weighted by atomic mass is 10.3. The van der Waals surface area contributed by atoms with Crippen molar-refractivity contribution in [3.8, 4) is 23.0 Å². The molecule has 2 saturated carbocycles. The Hall–Kier alpha value is -3.60. The van der Waals surface area contributed by atoms with E-state index in [1.165, 1.54) is 72.5 Å². The van der Waals surface area contributed by atoms with Crippen LogP contribution in [-0.4, -0.2) is 73.8 Å². The van der Waals surface area contributed by atoms with Gasteiger partial charge in [0.25, 0.3) is 0 Å². The summed E-state index contributed by atoms with van der Waals surface area (Å²) in [4.78, 5) is 29.9. The zero-order valence-electron chi connectivity index (χ0n) is 21.8. The van der Waals surface area contributed by atoms with E-state index >= 15 is 0 Å². The van der Waals surface area contributed by atoms with Crippen molar-refractivity contribution < 1.29 is 43.5 Å². The van der Waals surface area contributed by atoms with Crippen LogP contribution in [0.3, 0.4) is 0 Å². The Morgan fingerprint density at radius 3 is 1.78 bits per heavy atom. The van der Waals surface area contributed by atoms with Gasteiger partial charge in [0.05, 0.1) is 47.4 Å². The molecule has 2 aliphatic rings. The zero-order valence-corrected chi connectivity index (χ0v) is 21.8. The third-order valence-corrected chi connectivity index (χ3v) is 5.62. The number of hydrogen-bond donors (Lipinski definition) is 2. The second-order valence-electron chi connectivity index (χ2n) is 8.48. The Balaban J connectivity index is 0.000000220. The molecule has 11 heteroatoms. The molecule has 0 atom stereocenters. The van der Waals surface area contributed by atoms with Crippen LogP contribution in [0.5, 0.6) is 23.0 Å². The average molecular weight is 521 g/mol. The molecule has 0 unspecified atom stereocenters. The van der Waals surface area contributed by atoms with Gasteiger partial charge in [-0.3, -0.25) is 0 Å². The molecular weight excluding hydrogens is 484 g/mol. The number of carbonyl (C=O) groups is 2. The SMILES string of the molecule is COC(=O)c1cc(OC)c(O)cn1.COC(=O)c1cc(OC)c(OCCC2CC2)cn1.OCCC1CC1. The molecule has 2 fully saturated rings. The quantitative estimate of drug-likeness (QED) is 0.444. The summed E-state index contributed by atoms with van der Waals surface area (Å²) in [5.74, 6) is 1.79. The molecule has 0 radical (unpaired) electrons. The van der Waals surface area contributed by atoms with Crippen molar-refractivity contribution in [2.45, 2.75) is 38.5 Å². The summed E-state index contributed by atoms with van der Waals surface area (Å²) in [6, 6.07) is 2.83. The maximum Gasteiger partial charge on any atom is 0.356 e. The van der Waals surface area contributed by atoms with Gasteiger partial charge in [-0.2, -0.15) is 0 Å². The van der Waals surface area contributed by atoms with Gasteiger partial charge < -0.3 is 33.9 Å². The minimum Gasteiger partial charge on any atom is -0.503 e. The fourth-order valence-corrected chi connectivity index (χ4v) is 3.05. The van der Waals surface area contributed by atoms with Crippen LogP contribution in [0.25, 0.3) is 0 Å². The highest BCUT2D eigenvalue weighted by Gasteiger charge is 2.21. The third kappa shape index (κ3) is 10.5. The molecule has 0 saturated heterocycles. The number of methoxy groups -OCH3 is 4.